The molecule has 114 valence electrons. The van der Waals surface area contributed by atoms with Crippen LogP contribution in [0, 0.1) is 5.92 Å². The predicted molar refractivity (Wildman–Crippen MR) is 84.3 cm³/mol. The summed E-state index contributed by atoms with van der Waals surface area (Å²) in [6.07, 6.45) is 2.03. The van der Waals surface area contributed by atoms with Crippen molar-refractivity contribution in [3.63, 3.8) is 0 Å². The Bertz CT molecular complexity index is 400. The van der Waals surface area contributed by atoms with E-state index in [4.69, 9.17) is 9.47 Å². The molecule has 0 aliphatic heterocycles. The first-order chi connectivity index (χ1) is 9.53. The monoisotopic (exact) mass is 279 g/mol. The normalized spacial score (nSPS) is 15.9. The van der Waals surface area contributed by atoms with Crippen LogP contribution in [0.2, 0.25) is 0 Å². The molecule has 1 rings (SSSR count). The summed E-state index contributed by atoms with van der Waals surface area (Å²) in [5, 5.41) is 0. The summed E-state index contributed by atoms with van der Waals surface area (Å²) >= 11 is 0. The summed E-state index contributed by atoms with van der Waals surface area (Å²) in [5.74, 6) is 1.33. The van der Waals surface area contributed by atoms with Gasteiger partial charge in [0.25, 0.3) is 0 Å². The van der Waals surface area contributed by atoms with E-state index in [-0.39, 0.29) is 5.60 Å². The third kappa shape index (κ3) is 3.53. The van der Waals surface area contributed by atoms with E-state index in [1.165, 1.54) is 5.56 Å². The Labute approximate surface area is 123 Å². The van der Waals surface area contributed by atoms with Gasteiger partial charge in [0.05, 0.1) is 12.7 Å². The molecule has 3 nitrogen and oxygen atoms in total. The second kappa shape index (κ2) is 7.65. The van der Waals surface area contributed by atoms with Gasteiger partial charge >= 0.3 is 0 Å². The van der Waals surface area contributed by atoms with E-state index in [0.717, 1.165) is 25.1 Å². The van der Waals surface area contributed by atoms with Crippen molar-refractivity contribution < 1.29 is 9.47 Å². The summed E-state index contributed by atoms with van der Waals surface area (Å²) < 4.78 is 11.4. The van der Waals surface area contributed by atoms with Crippen LogP contribution in [-0.2, 0) is 10.3 Å². The predicted octanol–water partition coefficient (Wildman–Crippen LogP) is 3.53. The van der Waals surface area contributed by atoms with Crippen molar-refractivity contribution in [2.45, 2.75) is 32.3 Å². The second-order valence-electron chi connectivity index (χ2n) is 5.55. The Balaban J connectivity index is 3.23. The molecule has 3 heteroatoms. The van der Waals surface area contributed by atoms with Gasteiger partial charge < -0.3 is 14.4 Å². The van der Waals surface area contributed by atoms with Gasteiger partial charge in [0.15, 0.2) is 0 Å². The second-order valence-corrected chi connectivity index (χ2v) is 5.55. The summed E-state index contributed by atoms with van der Waals surface area (Å²) in [6.45, 7) is 5.44. The van der Waals surface area contributed by atoms with Crippen molar-refractivity contribution in [1.82, 2.24) is 4.90 Å². The molecule has 0 aliphatic carbocycles. The molecule has 0 aromatic heterocycles. The van der Waals surface area contributed by atoms with Crippen molar-refractivity contribution >= 4 is 0 Å². The first-order valence-electron chi connectivity index (χ1n) is 7.38. The van der Waals surface area contributed by atoms with Gasteiger partial charge in [0.1, 0.15) is 5.75 Å². The van der Waals surface area contributed by atoms with E-state index in [0.29, 0.717) is 5.92 Å². The first-order valence-corrected chi connectivity index (χ1v) is 7.38. The van der Waals surface area contributed by atoms with Crippen LogP contribution in [0.4, 0.5) is 0 Å². The average Bonchev–Trinajstić information content (AvgIpc) is 2.47. The van der Waals surface area contributed by atoms with E-state index in [2.05, 4.69) is 45.0 Å². The molecular weight excluding hydrogens is 250 g/mol. The molecular formula is C17H29NO2. The quantitative estimate of drug-likeness (QED) is 0.726. The van der Waals surface area contributed by atoms with E-state index < -0.39 is 0 Å². The average molecular weight is 279 g/mol. The van der Waals surface area contributed by atoms with Gasteiger partial charge in [0, 0.05) is 19.6 Å². The molecule has 1 aromatic carbocycles. The highest BCUT2D eigenvalue weighted by atomic mass is 16.5. The minimum atomic E-state index is -0.256. The van der Waals surface area contributed by atoms with Crippen LogP contribution >= 0.6 is 0 Å². The minimum Gasteiger partial charge on any atom is -0.497 e. The molecule has 0 radical (unpaired) electrons. The van der Waals surface area contributed by atoms with Gasteiger partial charge in [-0.25, -0.2) is 0 Å². The van der Waals surface area contributed by atoms with Crippen LogP contribution in [0.25, 0.3) is 0 Å². The molecule has 0 spiro atoms. The maximum Gasteiger partial charge on any atom is 0.119 e. The zero-order chi connectivity index (χ0) is 15.2. The molecule has 0 saturated heterocycles. The van der Waals surface area contributed by atoms with Crippen LogP contribution in [0.1, 0.15) is 32.3 Å². The van der Waals surface area contributed by atoms with Crippen molar-refractivity contribution in [2.75, 3.05) is 34.9 Å². The number of hydrogen-bond acceptors (Lipinski definition) is 3. The first kappa shape index (κ1) is 17.0. The molecule has 0 unspecified atom stereocenters. The van der Waals surface area contributed by atoms with E-state index in [1.807, 2.05) is 19.2 Å². The molecule has 2 atom stereocenters. The third-order valence-electron chi connectivity index (χ3n) is 4.19. The fourth-order valence-electron chi connectivity index (χ4n) is 3.09. The molecule has 0 fully saturated rings. The maximum absolute atomic E-state index is 6.04. The Kier molecular flexibility index (Phi) is 6.50. The Morgan fingerprint density at radius 3 is 2.35 bits per heavy atom. The number of methoxy groups -OCH3 is 2. The molecule has 0 aliphatic rings. The highest BCUT2D eigenvalue weighted by Gasteiger charge is 2.38. The van der Waals surface area contributed by atoms with Crippen LogP contribution in [-0.4, -0.2) is 39.8 Å². The minimum absolute atomic E-state index is 0.256. The Hall–Kier alpha value is -1.06. The molecule has 0 amide bonds. The maximum atomic E-state index is 6.04. The smallest absolute Gasteiger partial charge is 0.119 e. The van der Waals surface area contributed by atoms with Gasteiger partial charge in [-0.05, 0) is 44.6 Å². The van der Waals surface area contributed by atoms with Crippen LogP contribution in [0.15, 0.2) is 24.3 Å². The largest absolute Gasteiger partial charge is 0.497 e. The van der Waals surface area contributed by atoms with Crippen LogP contribution < -0.4 is 4.74 Å². The van der Waals surface area contributed by atoms with Crippen LogP contribution in [0.3, 0.4) is 0 Å². The van der Waals surface area contributed by atoms with Gasteiger partial charge in [0.2, 0.25) is 0 Å². The molecule has 0 N–H and O–H groups in total. The topological polar surface area (TPSA) is 21.7 Å². The number of ether oxygens (including phenoxy) is 2. The number of hydrogen-bond donors (Lipinski definition) is 0. The van der Waals surface area contributed by atoms with Crippen molar-refractivity contribution in [3.8, 4) is 5.75 Å². The Morgan fingerprint density at radius 1 is 1.20 bits per heavy atom. The van der Waals surface area contributed by atoms with Crippen molar-refractivity contribution in [3.05, 3.63) is 29.8 Å². The van der Waals surface area contributed by atoms with E-state index >= 15 is 0 Å². The summed E-state index contributed by atoms with van der Waals surface area (Å²) in [4.78, 5) is 2.23. The number of nitrogens with zero attached hydrogens (tertiary/aromatic N) is 1. The summed E-state index contributed by atoms with van der Waals surface area (Å²) in [5.41, 5.74) is 0.948. The third-order valence-corrected chi connectivity index (χ3v) is 4.19. The molecule has 0 bridgehead atoms. The van der Waals surface area contributed by atoms with Crippen LogP contribution in [0.5, 0.6) is 5.75 Å². The Morgan fingerprint density at radius 2 is 1.90 bits per heavy atom. The summed E-state index contributed by atoms with van der Waals surface area (Å²) in [7, 11) is 7.76. The van der Waals surface area contributed by atoms with Gasteiger partial charge in [-0.1, -0.05) is 26.0 Å². The summed E-state index contributed by atoms with van der Waals surface area (Å²) in [6, 6.07) is 8.27. The van der Waals surface area contributed by atoms with Crippen molar-refractivity contribution in [2.24, 2.45) is 5.92 Å². The van der Waals surface area contributed by atoms with Crippen molar-refractivity contribution in [1.29, 1.82) is 0 Å². The SMILES string of the molecule is CC[C@H](CN(C)C)[C@](CC)(OC)c1cccc(OC)c1. The van der Waals surface area contributed by atoms with Gasteiger partial charge in [-0.15, -0.1) is 0 Å². The molecule has 0 saturated carbocycles. The molecule has 20 heavy (non-hydrogen) atoms. The number of benzene rings is 1. The lowest BCUT2D eigenvalue weighted by Crippen LogP contribution is -2.41. The highest BCUT2D eigenvalue weighted by Crippen LogP contribution is 2.40. The zero-order valence-corrected chi connectivity index (χ0v) is 13.8. The van der Waals surface area contributed by atoms with E-state index in [9.17, 15) is 0 Å². The lowest BCUT2D eigenvalue weighted by molar-refractivity contribution is -0.0756. The lowest BCUT2D eigenvalue weighted by Gasteiger charge is -2.40. The molecule has 1 aromatic rings. The zero-order valence-electron chi connectivity index (χ0n) is 13.8. The van der Waals surface area contributed by atoms with E-state index in [1.54, 1.807) is 7.11 Å². The highest BCUT2D eigenvalue weighted by molar-refractivity contribution is 5.33. The van der Waals surface area contributed by atoms with Gasteiger partial charge in [-0.2, -0.15) is 0 Å². The fraction of sp³-hybridized carbons (Fsp3) is 0.647. The lowest BCUT2D eigenvalue weighted by atomic mass is 9.77. The standard InChI is InChI=1S/C17H29NO2/c1-7-14(13-18(3)4)17(8-2,20-6)15-10-9-11-16(12-15)19-5/h9-12,14H,7-8,13H2,1-6H3/t14-,17+/m1/s1. The van der Waals surface area contributed by atoms with Gasteiger partial charge in [-0.3, -0.25) is 0 Å². The fourth-order valence-corrected chi connectivity index (χ4v) is 3.09. The number of rotatable bonds is 8. The molecule has 0 heterocycles.